The van der Waals surface area contributed by atoms with Gasteiger partial charge < -0.3 is 29.4 Å². The van der Waals surface area contributed by atoms with Crippen LogP contribution in [0.5, 0.6) is 11.5 Å². The van der Waals surface area contributed by atoms with E-state index < -0.39 is 17.2 Å². The van der Waals surface area contributed by atoms with E-state index in [0.717, 1.165) is 11.1 Å². The Kier molecular flexibility index (Phi) is 7.69. The van der Waals surface area contributed by atoms with Crippen molar-refractivity contribution in [3.05, 3.63) is 106 Å². The summed E-state index contributed by atoms with van der Waals surface area (Å²) in [6, 6.07) is 18.9. The van der Waals surface area contributed by atoms with Crippen LogP contribution in [0, 0.1) is 5.82 Å². The summed E-state index contributed by atoms with van der Waals surface area (Å²) in [5.74, 6) is -0.630. The second kappa shape index (κ2) is 11.7. The number of carboxylic acids is 1. The number of rotatable bonds is 8. The molecule has 2 aromatic heterocycles. The number of piperazine rings is 1. The first-order valence-corrected chi connectivity index (χ1v) is 14.1. The Bertz CT molecular complexity index is 1890. The van der Waals surface area contributed by atoms with Crippen LogP contribution in [-0.4, -0.2) is 47.4 Å². The summed E-state index contributed by atoms with van der Waals surface area (Å²) >= 11 is 0. The predicted molar refractivity (Wildman–Crippen MR) is 163 cm³/mol. The Labute approximate surface area is 247 Å². The first-order valence-electron chi connectivity index (χ1n) is 14.1. The van der Waals surface area contributed by atoms with Crippen LogP contribution in [0.15, 0.2) is 77.9 Å². The Morgan fingerprint density at radius 1 is 1.14 bits per heavy atom. The number of halogens is 1. The van der Waals surface area contributed by atoms with Gasteiger partial charge in [0.2, 0.25) is 5.43 Å². The van der Waals surface area contributed by atoms with Crippen molar-refractivity contribution in [2.24, 2.45) is 0 Å². The number of aromatic carboxylic acids is 1. The van der Waals surface area contributed by atoms with Gasteiger partial charge in [0.05, 0.1) is 29.9 Å². The average molecular weight is 583 g/mol. The smallest absolute Gasteiger partial charge is 0.341 e. The number of carbonyl (C=O) groups is 1. The van der Waals surface area contributed by atoms with E-state index in [2.05, 4.69) is 10.3 Å². The summed E-state index contributed by atoms with van der Waals surface area (Å²) in [5.41, 5.74) is 1.87. The lowest BCUT2D eigenvalue weighted by atomic mass is 10.0. The fourth-order valence-electron chi connectivity index (χ4n) is 5.69. The summed E-state index contributed by atoms with van der Waals surface area (Å²) in [4.78, 5) is 31.3. The van der Waals surface area contributed by atoms with Crippen LogP contribution in [-0.2, 0) is 13.2 Å². The lowest BCUT2D eigenvalue weighted by molar-refractivity contribution is 0.0695. The second-order valence-electron chi connectivity index (χ2n) is 10.4. The van der Waals surface area contributed by atoms with Crippen molar-refractivity contribution in [1.82, 2.24) is 14.9 Å². The van der Waals surface area contributed by atoms with Gasteiger partial charge in [-0.3, -0.25) is 9.78 Å². The zero-order valence-corrected chi connectivity index (χ0v) is 23.8. The highest BCUT2D eigenvalue weighted by Crippen LogP contribution is 2.34. The van der Waals surface area contributed by atoms with Crippen molar-refractivity contribution in [3.8, 4) is 11.5 Å². The number of methoxy groups -OCH3 is 1. The maximum Gasteiger partial charge on any atom is 0.341 e. The second-order valence-corrected chi connectivity index (χ2v) is 10.4. The first kappa shape index (κ1) is 28.2. The normalized spacial score (nSPS) is 15.1. The summed E-state index contributed by atoms with van der Waals surface area (Å²) < 4.78 is 29.4. The van der Waals surface area contributed by atoms with E-state index in [-0.39, 0.29) is 27.9 Å². The predicted octanol–water partition coefficient (Wildman–Crippen LogP) is 5.15. The molecule has 0 spiro atoms. The molecule has 0 aliphatic carbocycles. The minimum absolute atomic E-state index is 0.0314. The molecule has 1 unspecified atom stereocenters. The molecule has 1 saturated heterocycles. The third kappa shape index (κ3) is 5.25. The molecule has 9 nitrogen and oxygen atoms in total. The van der Waals surface area contributed by atoms with E-state index in [0.29, 0.717) is 55.5 Å². The lowest BCUT2D eigenvalue weighted by Gasteiger charge is -2.36. The van der Waals surface area contributed by atoms with Crippen molar-refractivity contribution in [1.29, 1.82) is 0 Å². The molecule has 0 saturated carbocycles. The summed E-state index contributed by atoms with van der Waals surface area (Å²) in [6.45, 7) is 4.34. The maximum absolute atomic E-state index is 16.1. The number of nitrogens with zero attached hydrogens (tertiary/aromatic N) is 3. The molecule has 1 atom stereocenters. The molecule has 0 bridgehead atoms. The Morgan fingerprint density at radius 2 is 1.95 bits per heavy atom. The summed E-state index contributed by atoms with van der Waals surface area (Å²) in [7, 11) is 1.60. The van der Waals surface area contributed by atoms with Crippen molar-refractivity contribution >= 4 is 33.5 Å². The van der Waals surface area contributed by atoms with Crippen LogP contribution >= 0.6 is 0 Å². The zero-order chi connectivity index (χ0) is 30.1. The minimum atomic E-state index is -1.32. The van der Waals surface area contributed by atoms with E-state index in [1.165, 1.54) is 12.4 Å². The minimum Gasteiger partial charge on any atom is -0.493 e. The quantitative estimate of drug-likeness (QED) is 0.242. The molecule has 220 valence electrons. The number of anilines is 1. The van der Waals surface area contributed by atoms with Crippen LogP contribution in [0.2, 0.25) is 0 Å². The molecule has 6 rings (SSSR count). The Balaban J connectivity index is 1.30. The van der Waals surface area contributed by atoms with Gasteiger partial charge in [0.25, 0.3) is 0 Å². The van der Waals surface area contributed by atoms with Gasteiger partial charge in [-0.05, 0) is 42.3 Å². The van der Waals surface area contributed by atoms with E-state index in [4.69, 9.17) is 9.47 Å². The molecule has 3 heterocycles. The van der Waals surface area contributed by atoms with Crippen LogP contribution in [0.4, 0.5) is 10.1 Å². The highest BCUT2D eigenvalue weighted by atomic mass is 19.1. The lowest BCUT2D eigenvalue weighted by Crippen LogP contribution is -2.46. The Hall–Kier alpha value is -4.96. The van der Waals surface area contributed by atoms with Gasteiger partial charge in [0.15, 0.2) is 17.3 Å². The number of pyridine rings is 2. The van der Waals surface area contributed by atoms with E-state index in [9.17, 15) is 14.7 Å². The molecule has 0 amide bonds. The van der Waals surface area contributed by atoms with Gasteiger partial charge in [-0.1, -0.05) is 36.4 Å². The van der Waals surface area contributed by atoms with Crippen molar-refractivity contribution in [3.63, 3.8) is 0 Å². The first-order chi connectivity index (χ1) is 20.9. The topological polar surface area (TPSA) is 106 Å². The monoisotopic (exact) mass is 582 g/mol. The average Bonchev–Trinajstić information content (AvgIpc) is 3.04. The van der Waals surface area contributed by atoms with Crippen LogP contribution in [0.1, 0.15) is 34.5 Å². The number of hydrogen-bond donors (Lipinski definition) is 2. The van der Waals surface area contributed by atoms with E-state index >= 15 is 4.39 Å². The zero-order valence-electron chi connectivity index (χ0n) is 23.8. The third-order valence-electron chi connectivity index (χ3n) is 7.92. The molecule has 2 N–H and O–H groups in total. The standard InChI is InChI=1S/C33H31FN4O5/c1-3-37-17-23(33(40)41)32(39)29-22-10-11-25(30(34)31(22)36-16-26(29)37)38-14-13-35-24(18-38)21-9-12-27(28(15-21)42-2)43-19-20-7-5-4-6-8-20/h4-12,15-17,24,35H,3,13-14,18-19H2,1-2H3,(H,40,41). The molecule has 1 aliphatic heterocycles. The third-order valence-corrected chi connectivity index (χ3v) is 7.92. The number of ether oxygens (including phenoxy) is 2. The SMILES string of the molecule is CCn1cc(C(=O)O)c(=O)c2c3ccc(N4CCNC(c5ccc(OCc6ccccc6)c(OC)c5)C4)c(F)c3ncc21. The molecular formula is C33H31FN4O5. The van der Waals surface area contributed by atoms with E-state index in [1.54, 1.807) is 23.8 Å². The number of aromatic nitrogens is 2. The number of hydrogen-bond acceptors (Lipinski definition) is 7. The molecule has 5 aromatic rings. The molecule has 43 heavy (non-hydrogen) atoms. The van der Waals surface area contributed by atoms with Gasteiger partial charge in [-0.2, -0.15) is 0 Å². The maximum atomic E-state index is 16.1. The Morgan fingerprint density at radius 3 is 2.70 bits per heavy atom. The van der Waals surface area contributed by atoms with Crippen molar-refractivity contribution in [2.45, 2.75) is 26.1 Å². The van der Waals surface area contributed by atoms with Crippen LogP contribution in [0.3, 0.4) is 0 Å². The van der Waals surface area contributed by atoms with Crippen LogP contribution < -0.4 is 25.1 Å². The van der Waals surface area contributed by atoms with Gasteiger partial charge in [-0.15, -0.1) is 0 Å². The van der Waals surface area contributed by atoms with E-state index in [1.807, 2.05) is 60.4 Å². The number of nitrogens with one attached hydrogen (secondary N) is 1. The molecule has 1 aliphatic rings. The van der Waals surface area contributed by atoms with Gasteiger partial charge >= 0.3 is 5.97 Å². The largest absolute Gasteiger partial charge is 0.493 e. The molecule has 0 radical (unpaired) electrons. The van der Waals surface area contributed by atoms with Crippen LogP contribution in [0.25, 0.3) is 21.8 Å². The highest BCUT2D eigenvalue weighted by molar-refractivity contribution is 6.07. The number of aryl methyl sites for hydroxylation is 1. The number of carboxylic acid groups (broad SMARTS) is 1. The number of fused-ring (bicyclic) bond motifs is 3. The van der Waals surface area contributed by atoms with Gasteiger partial charge in [0, 0.05) is 43.8 Å². The fourth-order valence-corrected chi connectivity index (χ4v) is 5.69. The van der Waals surface area contributed by atoms with Gasteiger partial charge in [-0.25, -0.2) is 9.18 Å². The van der Waals surface area contributed by atoms with Crippen molar-refractivity contribution < 1.29 is 23.8 Å². The summed E-state index contributed by atoms with van der Waals surface area (Å²) in [5, 5.41) is 13.5. The molecule has 1 fully saturated rings. The van der Waals surface area contributed by atoms with Gasteiger partial charge in [0.1, 0.15) is 17.7 Å². The molecule has 3 aromatic carbocycles. The highest BCUT2D eigenvalue weighted by Gasteiger charge is 2.26. The number of benzene rings is 3. The summed E-state index contributed by atoms with van der Waals surface area (Å²) in [6.07, 6.45) is 2.75. The fraction of sp³-hybridized carbons (Fsp3) is 0.242. The molecule has 10 heteroatoms. The molecular weight excluding hydrogens is 551 g/mol. The van der Waals surface area contributed by atoms with Crippen molar-refractivity contribution in [2.75, 3.05) is 31.6 Å².